The molecule has 0 aromatic heterocycles. The monoisotopic (exact) mass is 334 g/mol. The van der Waals surface area contributed by atoms with Gasteiger partial charge in [0.2, 0.25) is 5.91 Å². The highest BCUT2D eigenvalue weighted by Crippen LogP contribution is 2.16. The third-order valence-corrected chi connectivity index (χ3v) is 4.49. The van der Waals surface area contributed by atoms with Gasteiger partial charge in [0.25, 0.3) is 0 Å². The molecule has 1 saturated heterocycles. The van der Waals surface area contributed by atoms with Crippen LogP contribution in [0.2, 0.25) is 0 Å². The maximum atomic E-state index is 13.6. The van der Waals surface area contributed by atoms with Crippen molar-refractivity contribution in [2.24, 2.45) is 5.41 Å². The Morgan fingerprint density at radius 3 is 2.29 bits per heavy atom. The maximum Gasteiger partial charge on any atom is 0.222 e. The van der Waals surface area contributed by atoms with Crippen LogP contribution in [0.1, 0.15) is 32.8 Å². The Bertz CT molecular complexity index is 587. The van der Waals surface area contributed by atoms with Crippen LogP contribution in [0, 0.1) is 11.2 Å². The zero-order valence-electron chi connectivity index (χ0n) is 14.8. The number of halogens is 1. The third kappa shape index (κ3) is 5.13. The molecule has 1 aliphatic rings. The minimum Gasteiger partial charge on any atom is -0.340 e. The number of piperazine rings is 1. The summed E-state index contributed by atoms with van der Waals surface area (Å²) >= 11 is 0. The van der Waals surface area contributed by atoms with Gasteiger partial charge in [-0.3, -0.25) is 14.5 Å². The summed E-state index contributed by atoms with van der Waals surface area (Å²) in [6.07, 6.45) is 0.746. The number of nitrogens with zero attached hydrogens (tertiary/aromatic N) is 2. The zero-order valence-corrected chi connectivity index (χ0v) is 14.8. The Balaban J connectivity index is 1.77. The van der Waals surface area contributed by atoms with Gasteiger partial charge in [0.15, 0.2) is 5.78 Å². The van der Waals surface area contributed by atoms with Crippen LogP contribution in [0.3, 0.4) is 0 Å². The number of Topliss-reactive ketones (excluding diaryl/α,β-unsaturated/α-hetero) is 1. The van der Waals surface area contributed by atoms with Gasteiger partial charge >= 0.3 is 0 Å². The van der Waals surface area contributed by atoms with Crippen molar-refractivity contribution in [3.63, 3.8) is 0 Å². The van der Waals surface area contributed by atoms with Crippen LogP contribution in [0.4, 0.5) is 4.39 Å². The average molecular weight is 334 g/mol. The summed E-state index contributed by atoms with van der Waals surface area (Å²) in [4.78, 5) is 28.3. The molecule has 1 aliphatic heterocycles. The van der Waals surface area contributed by atoms with Crippen LogP contribution >= 0.6 is 0 Å². The second-order valence-electron chi connectivity index (χ2n) is 7.42. The first-order valence-corrected chi connectivity index (χ1v) is 8.54. The molecule has 24 heavy (non-hydrogen) atoms. The van der Waals surface area contributed by atoms with E-state index in [1.807, 2.05) is 25.7 Å². The van der Waals surface area contributed by atoms with E-state index in [-0.39, 0.29) is 22.9 Å². The highest BCUT2D eigenvalue weighted by atomic mass is 19.1. The lowest BCUT2D eigenvalue weighted by molar-refractivity contribution is -0.133. The van der Waals surface area contributed by atoms with Crippen molar-refractivity contribution in [3.8, 4) is 0 Å². The van der Waals surface area contributed by atoms with Gasteiger partial charge in [-0.2, -0.15) is 0 Å². The van der Waals surface area contributed by atoms with Gasteiger partial charge in [-0.25, -0.2) is 4.39 Å². The molecular formula is C19H27FN2O2. The minimum absolute atomic E-state index is 0.0556. The van der Waals surface area contributed by atoms with Crippen molar-refractivity contribution in [3.05, 3.63) is 35.6 Å². The van der Waals surface area contributed by atoms with Crippen LogP contribution in [0.5, 0.6) is 0 Å². The molecule has 1 aromatic carbocycles. The highest BCUT2D eigenvalue weighted by molar-refractivity contribution is 5.85. The summed E-state index contributed by atoms with van der Waals surface area (Å²) in [5.41, 5.74) is 0.257. The average Bonchev–Trinajstić information content (AvgIpc) is 2.53. The quantitative estimate of drug-likeness (QED) is 0.831. The Hall–Kier alpha value is -1.75. The lowest BCUT2D eigenvalue weighted by Gasteiger charge is -2.35. The Labute approximate surface area is 143 Å². The Morgan fingerprint density at radius 2 is 1.71 bits per heavy atom. The number of amides is 1. The first-order valence-electron chi connectivity index (χ1n) is 8.54. The van der Waals surface area contributed by atoms with Crippen LogP contribution < -0.4 is 0 Å². The van der Waals surface area contributed by atoms with Gasteiger partial charge in [-0.1, -0.05) is 39.0 Å². The van der Waals surface area contributed by atoms with E-state index in [1.165, 1.54) is 6.07 Å². The van der Waals surface area contributed by atoms with E-state index in [0.29, 0.717) is 51.1 Å². The number of rotatable bonds is 5. The molecule has 0 atom stereocenters. The maximum absolute atomic E-state index is 13.6. The summed E-state index contributed by atoms with van der Waals surface area (Å²) in [5.74, 6) is 0.0256. The molecule has 0 radical (unpaired) electrons. The molecule has 0 spiro atoms. The first kappa shape index (κ1) is 18.6. The number of carbonyl (C=O) groups is 2. The van der Waals surface area contributed by atoms with Gasteiger partial charge < -0.3 is 4.90 Å². The van der Waals surface area contributed by atoms with Crippen LogP contribution in [0.15, 0.2) is 24.3 Å². The van der Waals surface area contributed by atoms with E-state index >= 15 is 0 Å². The summed E-state index contributed by atoms with van der Waals surface area (Å²) in [6, 6.07) is 6.58. The van der Waals surface area contributed by atoms with E-state index in [4.69, 9.17) is 0 Å². The molecule has 0 unspecified atom stereocenters. The minimum atomic E-state index is -0.327. The summed E-state index contributed by atoms with van der Waals surface area (Å²) in [6.45, 7) is 8.93. The van der Waals surface area contributed by atoms with Crippen LogP contribution in [0.25, 0.3) is 0 Å². The smallest absolute Gasteiger partial charge is 0.222 e. The summed E-state index contributed by atoms with van der Waals surface area (Å²) in [5, 5.41) is 0. The number of hydrogen-bond acceptors (Lipinski definition) is 3. The molecule has 0 aliphatic carbocycles. The molecule has 1 fully saturated rings. The highest BCUT2D eigenvalue weighted by Gasteiger charge is 2.26. The van der Waals surface area contributed by atoms with E-state index in [1.54, 1.807) is 18.2 Å². The molecule has 132 valence electrons. The van der Waals surface area contributed by atoms with Gasteiger partial charge in [0.05, 0.1) is 6.54 Å². The first-order chi connectivity index (χ1) is 11.3. The second-order valence-corrected chi connectivity index (χ2v) is 7.42. The number of benzene rings is 1. The van der Waals surface area contributed by atoms with E-state index in [9.17, 15) is 14.0 Å². The number of ketones is 1. The Kier molecular flexibility index (Phi) is 6.10. The molecule has 1 heterocycles. The van der Waals surface area contributed by atoms with E-state index in [2.05, 4.69) is 4.90 Å². The fourth-order valence-electron chi connectivity index (χ4n) is 2.70. The molecule has 0 N–H and O–H groups in total. The van der Waals surface area contributed by atoms with Crippen molar-refractivity contribution in [1.82, 2.24) is 9.80 Å². The lowest BCUT2D eigenvalue weighted by atomic mass is 9.90. The summed E-state index contributed by atoms with van der Waals surface area (Å²) < 4.78 is 13.6. The van der Waals surface area contributed by atoms with Crippen molar-refractivity contribution in [2.45, 2.75) is 33.6 Å². The molecule has 1 amide bonds. The lowest BCUT2D eigenvalue weighted by Crippen LogP contribution is -2.50. The van der Waals surface area contributed by atoms with E-state index < -0.39 is 0 Å². The molecule has 5 heteroatoms. The molecule has 4 nitrogen and oxygen atoms in total. The largest absolute Gasteiger partial charge is 0.340 e. The van der Waals surface area contributed by atoms with Crippen LogP contribution in [-0.4, -0.2) is 54.2 Å². The zero-order chi connectivity index (χ0) is 17.7. The fraction of sp³-hybridized carbons (Fsp3) is 0.579. The Morgan fingerprint density at radius 1 is 1.08 bits per heavy atom. The molecule has 0 saturated carbocycles. The SMILES string of the molecule is CC(C)(C)C(=O)CN1CCN(C(=O)CCc2ccccc2F)CC1. The number of aryl methyl sites for hydroxylation is 1. The molecule has 0 bridgehead atoms. The van der Waals surface area contributed by atoms with E-state index in [0.717, 1.165) is 0 Å². The van der Waals surface area contributed by atoms with Gasteiger partial charge in [0, 0.05) is 38.0 Å². The number of hydrogen-bond donors (Lipinski definition) is 0. The van der Waals surface area contributed by atoms with Crippen molar-refractivity contribution in [2.75, 3.05) is 32.7 Å². The van der Waals surface area contributed by atoms with Crippen molar-refractivity contribution < 1.29 is 14.0 Å². The predicted octanol–water partition coefficient (Wildman–Crippen LogP) is 2.52. The predicted molar refractivity (Wildman–Crippen MR) is 92.2 cm³/mol. The van der Waals surface area contributed by atoms with Crippen molar-refractivity contribution >= 4 is 11.7 Å². The number of carbonyl (C=O) groups excluding carboxylic acids is 2. The van der Waals surface area contributed by atoms with Gasteiger partial charge in [-0.15, -0.1) is 0 Å². The molecule has 2 rings (SSSR count). The normalized spacial score (nSPS) is 16.2. The van der Waals surface area contributed by atoms with Gasteiger partial charge in [-0.05, 0) is 18.1 Å². The molecular weight excluding hydrogens is 307 g/mol. The molecule has 1 aromatic rings. The second kappa shape index (κ2) is 7.88. The third-order valence-electron chi connectivity index (χ3n) is 4.49. The standard InChI is InChI=1S/C19H27FN2O2/c1-19(2,3)17(23)14-21-10-12-22(13-11-21)18(24)9-8-15-6-4-5-7-16(15)20/h4-7H,8-14H2,1-3H3. The van der Waals surface area contributed by atoms with Crippen molar-refractivity contribution in [1.29, 1.82) is 0 Å². The summed E-state index contributed by atoms with van der Waals surface area (Å²) in [7, 11) is 0. The topological polar surface area (TPSA) is 40.6 Å². The van der Waals surface area contributed by atoms with Gasteiger partial charge in [0.1, 0.15) is 5.82 Å². The van der Waals surface area contributed by atoms with Crippen LogP contribution in [-0.2, 0) is 16.0 Å². The fourth-order valence-corrected chi connectivity index (χ4v) is 2.70.